The largest absolute Gasteiger partial charge is 0.306 e. The van der Waals surface area contributed by atoms with Gasteiger partial charge in [-0.3, -0.25) is 0 Å². The Morgan fingerprint density at radius 1 is 0.714 bits per heavy atom. The zero-order valence-electron chi connectivity index (χ0n) is 26.7. The number of fused-ring (bicyclic) bond motifs is 2. The molecule has 0 atom stereocenters. The molecule has 3 nitrogen and oxygen atoms in total. The molecule has 5 aromatic carbocycles. The van der Waals surface area contributed by atoms with Crippen LogP contribution in [0.25, 0.3) is 55.3 Å². The minimum atomic E-state index is 0.855. The van der Waals surface area contributed by atoms with Crippen LogP contribution in [0, 0.1) is 12.1 Å². The molecule has 49 heavy (non-hydrogen) atoms. The molecule has 0 fully saturated rings. The molecule has 8 rings (SSSR count). The summed E-state index contributed by atoms with van der Waals surface area (Å²) in [5.41, 5.74) is 10.1. The fourth-order valence-electron chi connectivity index (χ4n) is 6.00. The van der Waals surface area contributed by atoms with Crippen LogP contribution in [0.5, 0.6) is 0 Å². The number of aromatic nitrogens is 2. The predicted molar refractivity (Wildman–Crippen MR) is 207 cm³/mol. The molecule has 0 aliphatic heterocycles. The Labute approximate surface area is 290 Å². The van der Waals surface area contributed by atoms with E-state index >= 15 is 0 Å². The molecule has 0 saturated heterocycles. The third kappa shape index (κ3) is 6.32. The summed E-state index contributed by atoms with van der Waals surface area (Å²) in [5, 5.41) is 1.26. The van der Waals surface area contributed by atoms with Gasteiger partial charge in [0.05, 0.1) is 16.9 Å². The monoisotopic (exact) mass is 645 g/mol. The van der Waals surface area contributed by atoms with Crippen LogP contribution in [-0.2, 0) is 0 Å². The molecule has 0 amide bonds. The molecule has 0 bridgehead atoms. The number of thiophene rings is 1. The molecule has 0 aliphatic rings. The minimum Gasteiger partial charge on any atom is -0.306 e. The van der Waals surface area contributed by atoms with Gasteiger partial charge < -0.3 is 9.30 Å². The lowest BCUT2D eigenvalue weighted by Crippen LogP contribution is -2.14. The number of allylic oxidation sites excluding steroid dienone is 3. The van der Waals surface area contributed by atoms with E-state index in [1.165, 1.54) is 31.7 Å². The zero-order chi connectivity index (χ0) is 33.0. The maximum absolute atomic E-state index is 4.78. The second-order valence-electron chi connectivity index (χ2n) is 11.6. The van der Waals surface area contributed by atoms with Crippen molar-refractivity contribution in [2.45, 2.75) is 0 Å². The van der Waals surface area contributed by atoms with Crippen molar-refractivity contribution >= 4 is 44.5 Å². The third-order valence-corrected chi connectivity index (χ3v) is 9.59. The molecule has 0 saturated carbocycles. The van der Waals surface area contributed by atoms with E-state index in [1.54, 1.807) is 11.3 Å². The summed E-state index contributed by atoms with van der Waals surface area (Å²) in [6.07, 6.45) is 12.2. The highest BCUT2D eigenvalue weighted by atomic mass is 32.1. The number of anilines is 2. The van der Waals surface area contributed by atoms with E-state index in [1.807, 2.05) is 47.1 Å². The van der Waals surface area contributed by atoms with Crippen LogP contribution in [0.3, 0.4) is 0 Å². The second-order valence-corrected chi connectivity index (χ2v) is 12.8. The average molecular weight is 646 g/mol. The Kier molecular flexibility index (Phi) is 8.17. The first-order valence-electron chi connectivity index (χ1n) is 16.2. The van der Waals surface area contributed by atoms with Crippen LogP contribution in [0.15, 0.2) is 182 Å². The summed E-state index contributed by atoms with van der Waals surface area (Å²) in [7, 11) is 0. The highest BCUT2D eigenvalue weighted by Crippen LogP contribution is 2.33. The third-order valence-electron chi connectivity index (χ3n) is 8.50. The summed E-state index contributed by atoms with van der Waals surface area (Å²) in [4.78, 5) is 8.14. The lowest BCUT2D eigenvalue weighted by atomic mass is 10.00. The molecule has 4 heteroatoms. The topological polar surface area (TPSA) is 20.5 Å². The Bertz CT molecular complexity index is 2360. The van der Waals surface area contributed by atoms with Gasteiger partial charge in [-0.15, -0.1) is 11.3 Å². The van der Waals surface area contributed by atoms with E-state index in [9.17, 15) is 0 Å². The molecule has 3 heterocycles. The summed E-state index contributed by atoms with van der Waals surface area (Å²) < 4.78 is 3.30. The van der Waals surface area contributed by atoms with Crippen molar-refractivity contribution in [3.8, 4) is 33.5 Å². The second kappa shape index (κ2) is 13.4. The maximum atomic E-state index is 4.78. The fourth-order valence-corrected chi connectivity index (χ4v) is 6.97. The van der Waals surface area contributed by atoms with Crippen molar-refractivity contribution in [3.05, 3.63) is 199 Å². The number of benzene rings is 4. The summed E-state index contributed by atoms with van der Waals surface area (Å²) in [5.74, 6) is 0. The van der Waals surface area contributed by atoms with Crippen molar-refractivity contribution in [1.82, 2.24) is 9.38 Å². The Balaban J connectivity index is 1.12. The molecule has 0 aliphatic carbocycles. The molecule has 0 radical (unpaired) electrons. The first-order valence-corrected chi connectivity index (χ1v) is 17.0. The standard InChI is InChI=1S/C45H31N3S/c1-2-39(14-10-15-42-31-38-13-6-7-16-44(38)49-42)48(41-28-24-37(25-29-41)43-32-47-30-9-8-17-45(47)46-43)40-26-22-36(23-27-40)35-20-18-34(19-21-35)33-11-4-3-5-12-33/h2-24,26-28,30-32H,1H2/b15-10+,39-14+. The normalized spacial score (nSPS) is 11.6. The fraction of sp³-hybridized carbons (Fsp3) is 0. The van der Waals surface area contributed by atoms with Crippen LogP contribution >= 0.6 is 11.3 Å². The molecule has 3 aromatic heterocycles. The van der Waals surface area contributed by atoms with Crippen LogP contribution in [0.4, 0.5) is 11.4 Å². The number of nitrogens with zero attached hydrogens (tertiary/aromatic N) is 3. The number of hydrogen-bond acceptors (Lipinski definition) is 3. The maximum Gasteiger partial charge on any atom is 0.137 e. The van der Waals surface area contributed by atoms with Crippen molar-refractivity contribution < 1.29 is 0 Å². The van der Waals surface area contributed by atoms with E-state index in [2.05, 4.69) is 157 Å². The van der Waals surface area contributed by atoms with Crippen LogP contribution < -0.4 is 4.90 Å². The van der Waals surface area contributed by atoms with E-state index in [0.29, 0.717) is 0 Å². The van der Waals surface area contributed by atoms with Gasteiger partial charge in [0.25, 0.3) is 0 Å². The highest BCUT2D eigenvalue weighted by Gasteiger charge is 2.14. The van der Waals surface area contributed by atoms with Crippen LogP contribution in [0.2, 0.25) is 0 Å². The van der Waals surface area contributed by atoms with Gasteiger partial charge in [-0.1, -0.05) is 110 Å². The zero-order valence-corrected chi connectivity index (χ0v) is 27.5. The number of rotatable bonds is 9. The van der Waals surface area contributed by atoms with Gasteiger partial charge in [0, 0.05) is 33.4 Å². The molecule has 0 unspecified atom stereocenters. The van der Waals surface area contributed by atoms with E-state index in [4.69, 9.17) is 4.98 Å². The first kappa shape index (κ1) is 30.0. The lowest BCUT2D eigenvalue weighted by Gasteiger charge is -2.25. The average Bonchev–Trinajstić information content (AvgIpc) is 3.80. The van der Waals surface area contributed by atoms with Gasteiger partial charge in [-0.05, 0) is 100 Å². The van der Waals surface area contributed by atoms with E-state index in [0.717, 1.165) is 39.5 Å². The van der Waals surface area contributed by atoms with Crippen LogP contribution in [0.1, 0.15) is 4.88 Å². The van der Waals surface area contributed by atoms with E-state index in [-0.39, 0.29) is 0 Å². The van der Waals surface area contributed by atoms with Crippen molar-refractivity contribution in [2.75, 3.05) is 4.90 Å². The Morgan fingerprint density at radius 3 is 2.10 bits per heavy atom. The van der Waals surface area contributed by atoms with Gasteiger partial charge in [-0.2, -0.15) is 0 Å². The van der Waals surface area contributed by atoms with Crippen LogP contribution in [-0.4, -0.2) is 9.38 Å². The molecule has 8 aromatic rings. The SMILES string of the molecule is C=C/C(=C\C=C\c1cc2ccccc2s1)N(c1c#cc(-c2cn3ccccc3n2)cc1)c1ccc(-c2ccc(-c3ccccc3)cc2)cc1. The number of hydrogen-bond donors (Lipinski definition) is 0. The molecule has 232 valence electrons. The molecular weight excluding hydrogens is 615 g/mol. The number of imidazole rings is 1. The highest BCUT2D eigenvalue weighted by molar-refractivity contribution is 7.19. The van der Waals surface area contributed by atoms with E-state index < -0.39 is 0 Å². The lowest BCUT2D eigenvalue weighted by molar-refractivity contribution is 1.19. The minimum absolute atomic E-state index is 0.855. The van der Waals surface area contributed by atoms with Gasteiger partial charge in [0.15, 0.2) is 0 Å². The molecule has 0 N–H and O–H groups in total. The van der Waals surface area contributed by atoms with Gasteiger partial charge in [0.2, 0.25) is 0 Å². The summed E-state index contributed by atoms with van der Waals surface area (Å²) >= 11 is 1.78. The van der Waals surface area contributed by atoms with Gasteiger partial charge in [0.1, 0.15) is 5.65 Å². The predicted octanol–water partition coefficient (Wildman–Crippen LogP) is 12.1. The van der Waals surface area contributed by atoms with Gasteiger partial charge in [-0.25, -0.2) is 4.98 Å². The molecular formula is C45H31N3S. The van der Waals surface area contributed by atoms with Crippen molar-refractivity contribution in [3.63, 3.8) is 0 Å². The smallest absolute Gasteiger partial charge is 0.137 e. The Hall–Kier alpha value is -6.41. The Morgan fingerprint density at radius 2 is 1.41 bits per heavy atom. The first-order chi connectivity index (χ1) is 24.2. The summed E-state index contributed by atoms with van der Waals surface area (Å²) in [6, 6.07) is 55.4. The van der Waals surface area contributed by atoms with Crippen molar-refractivity contribution in [2.24, 2.45) is 0 Å². The van der Waals surface area contributed by atoms with Crippen molar-refractivity contribution in [1.29, 1.82) is 0 Å². The quantitative estimate of drug-likeness (QED) is 0.146. The number of pyridine rings is 1. The molecule has 0 spiro atoms. The van der Waals surface area contributed by atoms with Gasteiger partial charge >= 0.3 is 0 Å². The summed E-state index contributed by atoms with van der Waals surface area (Å²) in [6.45, 7) is 4.20.